The van der Waals surface area contributed by atoms with Crippen LogP contribution in [0.3, 0.4) is 0 Å². The van der Waals surface area contributed by atoms with E-state index in [-0.39, 0.29) is 5.56 Å². The van der Waals surface area contributed by atoms with Crippen molar-refractivity contribution in [2.45, 2.75) is 6.92 Å². The Kier molecular flexibility index (Phi) is 4.36. The fourth-order valence-corrected chi connectivity index (χ4v) is 3.10. The molecule has 3 aromatic rings. The van der Waals surface area contributed by atoms with Crippen LogP contribution in [-0.2, 0) is 10.0 Å². The van der Waals surface area contributed by atoms with Crippen molar-refractivity contribution in [3.63, 3.8) is 0 Å². The number of nitrogens with one attached hydrogen (secondary N) is 2. The number of sulfonamides is 1. The third-order valence-electron chi connectivity index (χ3n) is 3.65. The van der Waals surface area contributed by atoms with E-state index in [9.17, 15) is 13.2 Å². The molecule has 0 bridgehead atoms. The Bertz CT molecular complexity index is 1150. The van der Waals surface area contributed by atoms with Crippen molar-refractivity contribution in [3.8, 4) is 23.0 Å². The average Bonchev–Trinajstić information content (AvgIpc) is 2.89. The number of aromatic amines is 1. The lowest BCUT2D eigenvalue weighted by Gasteiger charge is -2.04. The summed E-state index contributed by atoms with van der Waals surface area (Å²) < 4.78 is 26.1. The van der Waals surface area contributed by atoms with Crippen LogP contribution in [0.2, 0.25) is 0 Å². The average molecular weight is 369 g/mol. The number of anilines is 1. The van der Waals surface area contributed by atoms with Gasteiger partial charge < -0.3 is 0 Å². The van der Waals surface area contributed by atoms with Gasteiger partial charge in [-0.15, -0.1) is 0 Å². The van der Waals surface area contributed by atoms with Gasteiger partial charge in [0.15, 0.2) is 5.82 Å². The maximum absolute atomic E-state index is 12.8. The minimum Gasteiger partial charge on any atom is -0.293 e. The van der Waals surface area contributed by atoms with E-state index in [0.29, 0.717) is 33.9 Å². The Morgan fingerprint density at radius 3 is 2.42 bits per heavy atom. The fraction of sp³-hybridized carbons (Fsp3) is 0.118. The van der Waals surface area contributed by atoms with Crippen LogP contribution in [0.15, 0.2) is 47.4 Å². The van der Waals surface area contributed by atoms with Gasteiger partial charge in [0.25, 0.3) is 5.56 Å². The highest BCUT2D eigenvalue weighted by Gasteiger charge is 2.15. The Balaban J connectivity index is 2.00. The first-order valence-electron chi connectivity index (χ1n) is 7.55. The lowest BCUT2D eigenvalue weighted by molar-refractivity contribution is 0.607. The van der Waals surface area contributed by atoms with E-state index < -0.39 is 10.0 Å². The molecule has 2 aromatic heterocycles. The van der Waals surface area contributed by atoms with Gasteiger partial charge in [-0.05, 0) is 36.8 Å². The fourth-order valence-electron chi connectivity index (χ4n) is 2.55. The van der Waals surface area contributed by atoms with Crippen LogP contribution in [0.4, 0.5) is 5.69 Å². The molecular weight excluding hydrogens is 354 g/mol. The summed E-state index contributed by atoms with van der Waals surface area (Å²) in [4.78, 5) is 16.9. The van der Waals surface area contributed by atoms with E-state index in [1.165, 1.54) is 23.0 Å². The summed E-state index contributed by atoms with van der Waals surface area (Å²) in [5.41, 5.74) is 2.35. The highest BCUT2D eigenvalue weighted by atomic mass is 32.2. The minimum absolute atomic E-state index is 0.288. The number of aryl methyl sites for hydroxylation is 1. The van der Waals surface area contributed by atoms with Gasteiger partial charge in [-0.3, -0.25) is 14.6 Å². The first-order chi connectivity index (χ1) is 12.3. The molecule has 1 aromatic carbocycles. The van der Waals surface area contributed by atoms with Gasteiger partial charge in [0.2, 0.25) is 10.0 Å². The third kappa shape index (κ3) is 3.50. The number of nitriles is 1. The molecule has 2 heterocycles. The molecule has 0 atom stereocenters. The maximum Gasteiger partial charge on any atom is 0.280 e. The van der Waals surface area contributed by atoms with E-state index in [4.69, 9.17) is 5.26 Å². The molecule has 0 spiro atoms. The topological polar surface area (TPSA) is 121 Å². The van der Waals surface area contributed by atoms with Crippen LogP contribution in [-0.4, -0.2) is 29.4 Å². The quantitative estimate of drug-likeness (QED) is 0.726. The number of pyridine rings is 1. The summed E-state index contributed by atoms with van der Waals surface area (Å²) in [5.74, 6) is 0.331. The largest absolute Gasteiger partial charge is 0.293 e. The molecule has 0 aliphatic carbocycles. The molecule has 0 aliphatic rings. The van der Waals surface area contributed by atoms with Gasteiger partial charge >= 0.3 is 0 Å². The Hall–Kier alpha value is -3.38. The molecule has 2 N–H and O–H groups in total. The van der Waals surface area contributed by atoms with Gasteiger partial charge in [0, 0.05) is 5.69 Å². The van der Waals surface area contributed by atoms with Crippen LogP contribution >= 0.6 is 0 Å². The van der Waals surface area contributed by atoms with Gasteiger partial charge in [0.05, 0.1) is 35.3 Å². The van der Waals surface area contributed by atoms with Crippen molar-refractivity contribution >= 4 is 15.7 Å². The van der Waals surface area contributed by atoms with Crippen molar-refractivity contribution in [1.29, 1.82) is 5.26 Å². The lowest BCUT2D eigenvalue weighted by atomic mass is 10.1. The maximum atomic E-state index is 12.8. The Labute approximate surface area is 149 Å². The van der Waals surface area contributed by atoms with E-state index in [0.717, 1.165) is 6.26 Å². The molecular formula is C17H15N5O3S. The number of H-pyrrole nitrogens is 1. The second-order valence-electron chi connectivity index (χ2n) is 5.72. The predicted octanol–water partition coefficient (Wildman–Crippen LogP) is 1.78. The number of aromatic nitrogens is 3. The SMILES string of the molecule is Cc1[nH]n(-c2ccc(NS(C)(=O)=O)cn2)c(=O)c1-c1ccc(C#N)cc1. The van der Waals surface area contributed by atoms with Gasteiger partial charge in [-0.1, -0.05) is 12.1 Å². The number of benzene rings is 1. The summed E-state index contributed by atoms with van der Waals surface area (Å²) >= 11 is 0. The van der Waals surface area contributed by atoms with E-state index >= 15 is 0 Å². The van der Waals surface area contributed by atoms with Gasteiger partial charge in [0.1, 0.15) is 0 Å². The molecule has 0 aliphatic heterocycles. The Morgan fingerprint density at radius 1 is 1.19 bits per heavy atom. The molecule has 8 nitrogen and oxygen atoms in total. The minimum atomic E-state index is -3.40. The summed E-state index contributed by atoms with van der Waals surface area (Å²) in [5, 5.41) is 11.8. The first kappa shape index (κ1) is 17.4. The molecule has 3 rings (SSSR count). The van der Waals surface area contributed by atoms with E-state index in [1.807, 2.05) is 6.07 Å². The van der Waals surface area contributed by atoms with Crippen LogP contribution in [0.5, 0.6) is 0 Å². The zero-order valence-electron chi connectivity index (χ0n) is 14.0. The molecule has 0 radical (unpaired) electrons. The predicted molar refractivity (Wildman–Crippen MR) is 97.5 cm³/mol. The summed E-state index contributed by atoms with van der Waals surface area (Å²) in [6.45, 7) is 1.77. The third-order valence-corrected chi connectivity index (χ3v) is 4.26. The number of hydrogen-bond acceptors (Lipinski definition) is 5. The molecule has 0 fully saturated rings. The van der Waals surface area contributed by atoms with Crippen LogP contribution in [0, 0.1) is 18.3 Å². The van der Waals surface area contributed by atoms with Crippen LogP contribution < -0.4 is 10.3 Å². The zero-order chi connectivity index (χ0) is 18.9. The number of rotatable bonds is 4. The molecule has 0 unspecified atom stereocenters. The van der Waals surface area contributed by atoms with Gasteiger partial charge in [-0.2, -0.15) is 5.26 Å². The van der Waals surface area contributed by atoms with Crippen molar-refractivity contribution in [1.82, 2.24) is 14.8 Å². The Morgan fingerprint density at radius 2 is 1.88 bits per heavy atom. The highest BCUT2D eigenvalue weighted by Crippen LogP contribution is 2.20. The lowest BCUT2D eigenvalue weighted by Crippen LogP contribution is -2.17. The van der Waals surface area contributed by atoms with Crippen LogP contribution in [0.1, 0.15) is 11.3 Å². The smallest absolute Gasteiger partial charge is 0.280 e. The van der Waals surface area contributed by atoms with Crippen molar-refractivity contribution in [2.24, 2.45) is 0 Å². The van der Waals surface area contributed by atoms with Crippen molar-refractivity contribution in [2.75, 3.05) is 11.0 Å². The van der Waals surface area contributed by atoms with E-state index in [1.54, 1.807) is 31.2 Å². The highest BCUT2D eigenvalue weighted by molar-refractivity contribution is 7.92. The monoisotopic (exact) mass is 369 g/mol. The van der Waals surface area contributed by atoms with Crippen molar-refractivity contribution < 1.29 is 8.42 Å². The molecule has 26 heavy (non-hydrogen) atoms. The molecule has 0 saturated carbocycles. The second-order valence-corrected chi connectivity index (χ2v) is 7.47. The summed E-state index contributed by atoms with van der Waals surface area (Å²) in [6, 6.07) is 11.8. The van der Waals surface area contributed by atoms with Crippen LogP contribution in [0.25, 0.3) is 16.9 Å². The van der Waals surface area contributed by atoms with Crippen molar-refractivity contribution in [3.05, 3.63) is 64.2 Å². The zero-order valence-corrected chi connectivity index (χ0v) is 14.8. The summed E-state index contributed by atoms with van der Waals surface area (Å²) in [6.07, 6.45) is 2.38. The van der Waals surface area contributed by atoms with Gasteiger partial charge in [-0.25, -0.2) is 18.1 Å². The second kappa shape index (κ2) is 6.50. The number of hydrogen-bond donors (Lipinski definition) is 2. The number of nitrogens with zero attached hydrogens (tertiary/aromatic N) is 3. The molecule has 132 valence electrons. The standard InChI is InChI=1S/C17H15N5O3S/c1-11-16(13-5-3-12(9-18)4-6-13)17(23)22(20-11)15-8-7-14(10-19-15)21-26(2,24)25/h3-8,10,20-21H,1-2H3. The molecule has 0 saturated heterocycles. The molecule has 0 amide bonds. The summed E-state index contributed by atoms with van der Waals surface area (Å²) in [7, 11) is -3.40. The molecule has 9 heteroatoms. The van der Waals surface area contributed by atoms with E-state index in [2.05, 4.69) is 14.8 Å². The first-order valence-corrected chi connectivity index (χ1v) is 9.44. The normalized spacial score (nSPS) is 11.1.